The van der Waals surface area contributed by atoms with Crippen LogP contribution in [0.2, 0.25) is 0 Å². The summed E-state index contributed by atoms with van der Waals surface area (Å²) in [6.45, 7) is 8.27. The average molecular weight is 259 g/mol. The molecule has 102 valence electrons. The van der Waals surface area contributed by atoms with E-state index in [1.165, 1.54) is 0 Å². The number of hydrogen-bond acceptors (Lipinski definition) is 3. The van der Waals surface area contributed by atoms with E-state index in [1.54, 1.807) is 0 Å². The lowest BCUT2D eigenvalue weighted by Crippen LogP contribution is -2.28. The molecule has 0 spiro atoms. The highest BCUT2D eigenvalue weighted by atomic mass is 16.5. The zero-order chi connectivity index (χ0) is 13.5. The highest BCUT2D eigenvalue weighted by molar-refractivity contribution is 5.71. The van der Waals surface area contributed by atoms with Crippen LogP contribution in [0.3, 0.4) is 0 Å². The monoisotopic (exact) mass is 259 g/mol. The van der Waals surface area contributed by atoms with Crippen LogP contribution in [-0.2, 0) is 10.3 Å². The van der Waals surface area contributed by atoms with Crippen LogP contribution in [0.15, 0.2) is 18.3 Å². The van der Waals surface area contributed by atoms with Gasteiger partial charge >= 0.3 is 0 Å². The van der Waals surface area contributed by atoms with E-state index >= 15 is 0 Å². The third kappa shape index (κ3) is 2.25. The van der Waals surface area contributed by atoms with Gasteiger partial charge in [-0.3, -0.25) is 0 Å². The van der Waals surface area contributed by atoms with Crippen molar-refractivity contribution >= 4 is 11.2 Å². The van der Waals surface area contributed by atoms with Crippen LogP contribution in [0.25, 0.3) is 11.2 Å². The number of rotatable bonds is 1. The lowest BCUT2D eigenvalue weighted by atomic mass is 9.99. The van der Waals surface area contributed by atoms with Gasteiger partial charge in [-0.05, 0) is 45.7 Å². The van der Waals surface area contributed by atoms with Crippen LogP contribution < -0.4 is 0 Å². The highest BCUT2D eigenvalue weighted by Crippen LogP contribution is 2.31. The molecule has 0 aliphatic carbocycles. The molecule has 3 heterocycles. The fourth-order valence-electron chi connectivity index (χ4n) is 2.81. The van der Waals surface area contributed by atoms with Crippen LogP contribution in [0.4, 0.5) is 0 Å². The Morgan fingerprint density at radius 2 is 2.21 bits per heavy atom. The molecule has 1 aliphatic heterocycles. The van der Waals surface area contributed by atoms with Gasteiger partial charge in [0.15, 0.2) is 5.65 Å². The van der Waals surface area contributed by atoms with E-state index in [9.17, 15) is 0 Å². The Bertz CT molecular complexity index is 577. The maximum absolute atomic E-state index is 5.63. The van der Waals surface area contributed by atoms with Gasteiger partial charge in [0, 0.05) is 24.3 Å². The molecule has 0 bridgehead atoms. The summed E-state index contributed by atoms with van der Waals surface area (Å²) < 4.78 is 7.91. The molecule has 0 amide bonds. The number of imidazole rings is 1. The van der Waals surface area contributed by atoms with Crippen molar-refractivity contribution in [3.63, 3.8) is 0 Å². The van der Waals surface area contributed by atoms with Crippen molar-refractivity contribution in [2.45, 2.75) is 45.1 Å². The summed E-state index contributed by atoms with van der Waals surface area (Å²) in [5, 5.41) is 0. The third-order valence-electron chi connectivity index (χ3n) is 3.64. The van der Waals surface area contributed by atoms with Crippen molar-refractivity contribution in [3.8, 4) is 0 Å². The van der Waals surface area contributed by atoms with Crippen molar-refractivity contribution in [3.05, 3.63) is 24.2 Å². The lowest BCUT2D eigenvalue weighted by Gasteiger charge is -2.28. The van der Waals surface area contributed by atoms with E-state index in [-0.39, 0.29) is 5.54 Å². The summed E-state index contributed by atoms with van der Waals surface area (Å²) in [6, 6.07) is 3.99. The molecule has 4 heteroatoms. The van der Waals surface area contributed by atoms with E-state index < -0.39 is 0 Å². The van der Waals surface area contributed by atoms with E-state index in [0.717, 1.165) is 43.0 Å². The molecule has 1 aliphatic rings. The maximum Gasteiger partial charge on any atom is 0.160 e. The summed E-state index contributed by atoms with van der Waals surface area (Å²) >= 11 is 0. The van der Waals surface area contributed by atoms with Crippen molar-refractivity contribution in [1.82, 2.24) is 14.5 Å². The topological polar surface area (TPSA) is 39.9 Å². The molecule has 0 aromatic carbocycles. The van der Waals surface area contributed by atoms with Gasteiger partial charge in [-0.2, -0.15) is 0 Å². The minimum atomic E-state index is -0.0180. The standard InChI is InChI=1S/C15H21N3O/c1-15(2,3)18-13(11-6-5-9-19-10-11)17-12-7-4-8-16-14(12)18/h4,7-8,11H,5-6,9-10H2,1-3H3. The molecule has 0 radical (unpaired) electrons. The number of nitrogens with zero attached hydrogens (tertiary/aromatic N) is 3. The normalized spacial score (nSPS) is 20.9. The first-order valence-electron chi connectivity index (χ1n) is 6.99. The lowest BCUT2D eigenvalue weighted by molar-refractivity contribution is 0.0759. The molecule has 1 saturated heterocycles. The quantitative estimate of drug-likeness (QED) is 0.790. The van der Waals surface area contributed by atoms with Crippen LogP contribution in [0.1, 0.15) is 45.4 Å². The summed E-state index contributed by atoms with van der Waals surface area (Å²) in [5.41, 5.74) is 1.95. The fraction of sp³-hybridized carbons (Fsp3) is 0.600. The molecule has 0 N–H and O–H groups in total. The third-order valence-corrected chi connectivity index (χ3v) is 3.64. The Hall–Kier alpha value is -1.42. The Kier molecular flexibility index (Phi) is 3.05. The average Bonchev–Trinajstić information content (AvgIpc) is 2.79. The van der Waals surface area contributed by atoms with Crippen LogP contribution >= 0.6 is 0 Å². The maximum atomic E-state index is 5.63. The molecule has 1 atom stereocenters. The zero-order valence-corrected chi connectivity index (χ0v) is 11.9. The van der Waals surface area contributed by atoms with E-state index in [1.807, 2.05) is 18.3 Å². The number of hydrogen-bond donors (Lipinski definition) is 0. The van der Waals surface area contributed by atoms with Crippen molar-refractivity contribution < 1.29 is 4.74 Å². The van der Waals surface area contributed by atoms with Gasteiger partial charge in [0.05, 0.1) is 6.61 Å². The smallest absolute Gasteiger partial charge is 0.160 e. The Morgan fingerprint density at radius 1 is 1.37 bits per heavy atom. The van der Waals surface area contributed by atoms with E-state index in [0.29, 0.717) is 5.92 Å². The Balaban J connectivity index is 2.17. The summed E-state index contributed by atoms with van der Waals surface area (Å²) in [6.07, 6.45) is 4.11. The highest BCUT2D eigenvalue weighted by Gasteiger charge is 2.28. The second-order valence-electron chi connectivity index (χ2n) is 6.24. The van der Waals surface area contributed by atoms with Gasteiger partial charge in [0.25, 0.3) is 0 Å². The summed E-state index contributed by atoms with van der Waals surface area (Å²) in [7, 11) is 0. The van der Waals surface area contributed by atoms with Gasteiger partial charge < -0.3 is 9.30 Å². The molecule has 4 nitrogen and oxygen atoms in total. The minimum Gasteiger partial charge on any atom is -0.381 e. The first-order valence-corrected chi connectivity index (χ1v) is 6.99. The van der Waals surface area contributed by atoms with Gasteiger partial charge in [0.1, 0.15) is 11.3 Å². The molecule has 0 saturated carbocycles. The Morgan fingerprint density at radius 3 is 2.89 bits per heavy atom. The second kappa shape index (κ2) is 4.60. The molecule has 19 heavy (non-hydrogen) atoms. The number of aromatic nitrogens is 3. The number of fused-ring (bicyclic) bond motifs is 1. The molecular formula is C15H21N3O. The van der Waals surface area contributed by atoms with Crippen molar-refractivity contribution in [2.24, 2.45) is 0 Å². The number of ether oxygens (including phenoxy) is 1. The largest absolute Gasteiger partial charge is 0.381 e. The summed E-state index contributed by atoms with van der Waals surface area (Å²) in [4.78, 5) is 9.35. The van der Waals surface area contributed by atoms with E-state index in [2.05, 4.69) is 30.3 Å². The first kappa shape index (κ1) is 12.6. The predicted octanol–water partition coefficient (Wildman–Crippen LogP) is 3.08. The molecule has 3 rings (SSSR count). The molecule has 2 aromatic heterocycles. The SMILES string of the molecule is CC(C)(C)n1c(C2CCCOC2)nc2cccnc21. The van der Waals surface area contributed by atoms with E-state index in [4.69, 9.17) is 9.72 Å². The van der Waals surface area contributed by atoms with Gasteiger partial charge in [0.2, 0.25) is 0 Å². The van der Waals surface area contributed by atoms with Crippen LogP contribution in [0, 0.1) is 0 Å². The molecule has 1 unspecified atom stereocenters. The van der Waals surface area contributed by atoms with Gasteiger partial charge in [-0.15, -0.1) is 0 Å². The van der Waals surface area contributed by atoms with Crippen LogP contribution in [0.5, 0.6) is 0 Å². The first-order chi connectivity index (χ1) is 9.07. The molecule has 1 fully saturated rings. The Labute approximate surface area is 113 Å². The van der Waals surface area contributed by atoms with Gasteiger partial charge in [-0.1, -0.05) is 0 Å². The fourth-order valence-corrected chi connectivity index (χ4v) is 2.81. The van der Waals surface area contributed by atoms with Crippen molar-refractivity contribution in [1.29, 1.82) is 0 Å². The number of pyridine rings is 1. The van der Waals surface area contributed by atoms with Gasteiger partial charge in [-0.25, -0.2) is 9.97 Å². The molecule has 2 aromatic rings. The predicted molar refractivity (Wildman–Crippen MR) is 75.3 cm³/mol. The molecular weight excluding hydrogens is 238 g/mol. The minimum absolute atomic E-state index is 0.0180. The summed E-state index contributed by atoms with van der Waals surface area (Å²) in [5.74, 6) is 1.52. The zero-order valence-electron chi connectivity index (χ0n) is 11.9. The second-order valence-corrected chi connectivity index (χ2v) is 6.24. The van der Waals surface area contributed by atoms with Crippen LogP contribution in [-0.4, -0.2) is 27.7 Å². The van der Waals surface area contributed by atoms with Crippen molar-refractivity contribution in [2.75, 3.05) is 13.2 Å².